The minimum atomic E-state index is 0.665. The molecule has 1 rings (SSSR count). The molecule has 106 valence electrons. The quantitative estimate of drug-likeness (QED) is 0.456. The van der Waals surface area contributed by atoms with Gasteiger partial charge in [0.25, 0.3) is 0 Å². The van der Waals surface area contributed by atoms with Crippen LogP contribution in [0.25, 0.3) is 0 Å². The van der Waals surface area contributed by atoms with E-state index in [1.165, 1.54) is 5.56 Å². The minimum Gasteiger partial charge on any atom is -0.497 e. The first-order valence-corrected chi connectivity index (χ1v) is 7.83. The van der Waals surface area contributed by atoms with Gasteiger partial charge in [-0.05, 0) is 30.9 Å². The van der Waals surface area contributed by atoms with Crippen LogP contribution in [-0.2, 0) is 6.54 Å². The summed E-state index contributed by atoms with van der Waals surface area (Å²) < 4.78 is 5.14. The van der Waals surface area contributed by atoms with Crippen LogP contribution >= 0.6 is 11.8 Å². The van der Waals surface area contributed by atoms with E-state index in [1.807, 2.05) is 36.0 Å². The molecule has 0 aliphatic heterocycles. The van der Waals surface area contributed by atoms with Gasteiger partial charge < -0.3 is 15.4 Å². The van der Waals surface area contributed by atoms with Crippen molar-refractivity contribution in [2.45, 2.75) is 13.5 Å². The summed E-state index contributed by atoms with van der Waals surface area (Å²) in [6.45, 7) is 4.53. The molecule has 0 spiro atoms. The van der Waals surface area contributed by atoms with Gasteiger partial charge in [-0.2, -0.15) is 11.8 Å². The lowest BCUT2D eigenvalue weighted by atomic mass is 10.2. The Hall–Kier alpha value is -1.36. The van der Waals surface area contributed by atoms with Crippen LogP contribution in [0.5, 0.6) is 5.75 Å². The topological polar surface area (TPSA) is 45.7 Å². The van der Waals surface area contributed by atoms with Gasteiger partial charge in [-0.25, -0.2) is 4.99 Å². The second kappa shape index (κ2) is 9.55. The Morgan fingerprint density at radius 1 is 1.26 bits per heavy atom. The summed E-state index contributed by atoms with van der Waals surface area (Å²) in [6, 6.07) is 7.99. The number of guanidine groups is 1. The van der Waals surface area contributed by atoms with E-state index in [1.54, 1.807) is 7.11 Å². The van der Waals surface area contributed by atoms with Gasteiger partial charge in [-0.1, -0.05) is 12.1 Å². The minimum absolute atomic E-state index is 0.665. The maximum atomic E-state index is 5.14. The molecule has 0 aliphatic carbocycles. The summed E-state index contributed by atoms with van der Waals surface area (Å²) in [5.74, 6) is 2.82. The summed E-state index contributed by atoms with van der Waals surface area (Å²) >= 11 is 1.82. The van der Waals surface area contributed by atoms with E-state index in [4.69, 9.17) is 4.74 Å². The molecule has 0 amide bonds. The van der Waals surface area contributed by atoms with Crippen LogP contribution in [0.1, 0.15) is 12.5 Å². The highest BCUT2D eigenvalue weighted by Gasteiger charge is 1.97. The van der Waals surface area contributed by atoms with E-state index in [0.29, 0.717) is 6.54 Å². The zero-order valence-electron chi connectivity index (χ0n) is 11.9. The van der Waals surface area contributed by atoms with E-state index >= 15 is 0 Å². The zero-order valence-corrected chi connectivity index (χ0v) is 12.7. The number of thioether (sulfide) groups is 1. The van der Waals surface area contributed by atoms with Gasteiger partial charge in [-0.3, -0.25) is 0 Å². The van der Waals surface area contributed by atoms with Crippen LogP contribution in [0, 0.1) is 0 Å². The van der Waals surface area contributed by atoms with E-state index in [0.717, 1.165) is 30.6 Å². The maximum Gasteiger partial charge on any atom is 0.191 e. The summed E-state index contributed by atoms with van der Waals surface area (Å²) in [5, 5.41) is 6.55. The predicted molar refractivity (Wildman–Crippen MR) is 84.2 cm³/mol. The molecule has 5 heteroatoms. The monoisotopic (exact) mass is 281 g/mol. The van der Waals surface area contributed by atoms with E-state index in [2.05, 4.69) is 28.8 Å². The molecule has 0 atom stereocenters. The fourth-order valence-corrected chi connectivity index (χ4v) is 1.82. The summed E-state index contributed by atoms with van der Waals surface area (Å²) in [6.07, 6.45) is 2.10. The van der Waals surface area contributed by atoms with E-state index in [-0.39, 0.29) is 0 Å². The van der Waals surface area contributed by atoms with Crippen molar-refractivity contribution in [2.24, 2.45) is 4.99 Å². The molecule has 4 nitrogen and oxygen atoms in total. The summed E-state index contributed by atoms with van der Waals surface area (Å²) in [7, 11) is 1.67. The molecular weight excluding hydrogens is 258 g/mol. The number of hydrogen-bond acceptors (Lipinski definition) is 3. The number of methoxy groups -OCH3 is 1. The molecule has 0 heterocycles. The van der Waals surface area contributed by atoms with Gasteiger partial charge in [0.1, 0.15) is 5.75 Å². The van der Waals surface area contributed by atoms with Gasteiger partial charge >= 0.3 is 0 Å². The lowest BCUT2D eigenvalue weighted by Gasteiger charge is -2.10. The number of rotatable bonds is 7. The van der Waals surface area contributed by atoms with Crippen LogP contribution in [0.2, 0.25) is 0 Å². The number of aliphatic imine (C=N–C) groups is 1. The highest BCUT2D eigenvalue weighted by Crippen LogP contribution is 2.11. The number of nitrogens with zero attached hydrogens (tertiary/aromatic N) is 1. The third-order valence-electron chi connectivity index (χ3n) is 2.52. The first-order valence-electron chi connectivity index (χ1n) is 6.44. The SMILES string of the molecule is CCNC(=NCc1ccc(OC)cc1)NCCSC. The van der Waals surface area contributed by atoms with Crippen molar-refractivity contribution < 1.29 is 4.74 Å². The number of benzene rings is 1. The first-order chi connectivity index (χ1) is 9.30. The number of ether oxygens (including phenoxy) is 1. The van der Waals surface area contributed by atoms with Crippen LogP contribution in [-0.4, -0.2) is 38.2 Å². The average molecular weight is 281 g/mol. The molecule has 1 aromatic rings. The molecule has 0 radical (unpaired) electrons. The summed E-state index contributed by atoms with van der Waals surface area (Å²) in [4.78, 5) is 4.56. The van der Waals surface area contributed by atoms with Gasteiger partial charge in [0.05, 0.1) is 13.7 Å². The van der Waals surface area contributed by atoms with Crippen molar-refractivity contribution in [3.05, 3.63) is 29.8 Å². The molecule has 0 aromatic heterocycles. The second-order valence-electron chi connectivity index (χ2n) is 3.96. The molecular formula is C14H23N3OS. The average Bonchev–Trinajstić information content (AvgIpc) is 2.45. The Labute approximate surface area is 120 Å². The van der Waals surface area contributed by atoms with Gasteiger partial charge in [0.2, 0.25) is 0 Å². The number of hydrogen-bond donors (Lipinski definition) is 2. The van der Waals surface area contributed by atoms with Crippen molar-refractivity contribution >= 4 is 17.7 Å². The Morgan fingerprint density at radius 2 is 2.00 bits per heavy atom. The Balaban J connectivity index is 2.52. The molecule has 0 saturated carbocycles. The second-order valence-corrected chi connectivity index (χ2v) is 4.95. The van der Waals surface area contributed by atoms with Crippen molar-refractivity contribution in [3.8, 4) is 5.75 Å². The van der Waals surface area contributed by atoms with Crippen LogP contribution in [0.15, 0.2) is 29.3 Å². The maximum absolute atomic E-state index is 5.14. The molecule has 2 N–H and O–H groups in total. The molecule has 0 fully saturated rings. The lowest BCUT2D eigenvalue weighted by molar-refractivity contribution is 0.414. The van der Waals surface area contributed by atoms with Crippen LogP contribution < -0.4 is 15.4 Å². The van der Waals surface area contributed by atoms with Gasteiger partial charge in [0, 0.05) is 18.8 Å². The van der Waals surface area contributed by atoms with Crippen molar-refractivity contribution in [3.63, 3.8) is 0 Å². The largest absolute Gasteiger partial charge is 0.497 e. The standard InChI is InChI=1S/C14H23N3OS/c1-4-15-14(16-9-10-19-3)17-11-12-5-7-13(18-2)8-6-12/h5-8H,4,9-11H2,1-3H3,(H2,15,16,17). The third kappa shape index (κ3) is 6.38. The molecule has 0 saturated heterocycles. The number of nitrogens with one attached hydrogen (secondary N) is 2. The molecule has 19 heavy (non-hydrogen) atoms. The van der Waals surface area contributed by atoms with Gasteiger partial charge in [-0.15, -0.1) is 0 Å². The normalized spacial score (nSPS) is 11.2. The zero-order chi connectivity index (χ0) is 13.9. The Morgan fingerprint density at radius 3 is 2.58 bits per heavy atom. The third-order valence-corrected chi connectivity index (χ3v) is 3.13. The van der Waals surface area contributed by atoms with E-state index in [9.17, 15) is 0 Å². The Kier molecular flexibility index (Phi) is 7.89. The lowest BCUT2D eigenvalue weighted by Crippen LogP contribution is -2.38. The smallest absolute Gasteiger partial charge is 0.191 e. The fourth-order valence-electron chi connectivity index (χ4n) is 1.51. The van der Waals surface area contributed by atoms with E-state index < -0.39 is 0 Å². The molecule has 0 bridgehead atoms. The summed E-state index contributed by atoms with van der Waals surface area (Å²) in [5.41, 5.74) is 1.17. The Bertz CT molecular complexity index is 379. The highest BCUT2D eigenvalue weighted by molar-refractivity contribution is 7.98. The van der Waals surface area contributed by atoms with Gasteiger partial charge in [0.15, 0.2) is 5.96 Å². The van der Waals surface area contributed by atoms with Crippen molar-refractivity contribution in [1.82, 2.24) is 10.6 Å². The van der Waals surface area contributed by atoms with Crippen LogP contribution in [0.3, 0.4) is 0 Å². The predicted octanol–water partition coefficient (Wildman–Crippen LogP) is 2.11. The molecule has 0 unspecified atom stereocenters. The highest BCUT2D eigenvalue weighted by atomic mass is 32.2. The fraction of sp³-hybridized carbons (Fsp3) is 0.500. The van der Waals surface area contributed by atoms with Crippen molar-refractivity contribution in [2.75, 3.05) is 32.2 Å². The molecule has 1 aromatic carbocycles. The first kappa shape index (κ1) is 15.7. The van der Waals surface area contributed by atoms with Crippen LogP contribution in [0.4, 0.5) is 0 Å². The molecule has 0 aliphatic rings. The van der Waals surface area contributed by atoms with Crippen molar-refractivity contribution in [1.29, 1.82) is 0 Å².